The molecule has 1 aromatic heterocycles. The van der Waals surface area contributed by atoms with Gasteiger partial charge in [-0.05, 0) is 0 Å². The fourth-order valence-electron chi connectivity index (χ4n) is 1.88. The highest BCUT2D eigenvalue weighted by molar-refractivity contribution is 5.83. The van der Waals surface area contributed by atoms with Gasteiger partial charge >= 0.3 is 0 Å². The Morgan fingerprint density at radius 3 is 3.05 bits per heavy atom. The van der Waals surface area contributed by atoms with Gasteiger partial charge in [-0.25, -0.2) is 4.98 Å². The largest absolute Gasteiger partial charge is 0.471 e. The molecule has 1 N–H and O–H groups in total. The average molecular weight is 264 g/mol. The van der Waals surface area contributed by atoms with Gasteiger partial charge in [-0.3, -0.25) is 14.6 Å². The number of amides is 2. The highest BCUT2D eigenvalue weighted by atomic mass is 16.5. The van der Waals surface area contributed by atoms with Crippen molar-refractivity contribution in [1.82, 2.24) is 20.2 Å². The van der Waals surface area contributed by atoms with Crippen LogP contribution >= 0.6 is 0 Å². The van der Waals surface area contributed by atoms with Crippen molar-refractivity contribution >= 4 is 11.8 Å². The van der Waals surface area contributed by atoms with E-state index in [1.807, 2.05) is 0 Å². The van der Waals surface area contributed by atoms with Crippen molar-refractivity contribution in [2.24, 2.45) is 0 Å². The van der Waals surface area contributed by atoms with Crippen LogP contribution in [0.1, 0.15) is 13.3 Å². The van der Waals surface area contributed by atoms with E-state index in [0.29, 0.717) is 19.0 Å². The smallest absolute Gasteiger partial charge is 0.242 e. The van der Waals surface area contributed by atoms with Crippen molar-refractivity contribution < 1.29 is 14.3 Å². The fourth-order valence-corrected chi connectivity index (χ4v) is 1.88. The van der Waals surface area contributed by atoms with Crippen LogP contribution in [0.2, 0.25) is 0 Å². The zero-order valence-corrected chi connectivity index (χ0v) is 10.7. The van der Waals surface area contributed by atoms with Crippen LogP contribution in [0, 0.1) is 0 Å². The highest BCUT2D eigenvalue weighted by Crippen LogP contribution is 2.15. The molecule has 0 bridgehead atoms. The van der Waals surface area contributed by atoms with Crippen molar-refractivity contribution in [3.05, 3.63) is 18.6 Å². The molecule has 1 unspecified atom stereocenters. The number of nitrogens with one attached hydrogen (secondary N) is 1. The van der Waals surface area contributed by atoms with E-state index in [4.69, 9.17) is 4.74 Å². The molecular weight excluding hydrogens is 248 g/mol. The van der Waals surface area contributed by atoms with Crippen molar-refractivity contribution in [2.75, 3.05) is 19.6 Å². The van der Waals surface area contributed by atoms with Gasteiger partial charge in [-0.2, -0.15) is 0 Å². The number of ether oxygens (including phenoxy) is 1. The number of hydrogen-bond donors (Lipinski definition) is 1. The minimum atomic E-state index is -0.208. The molecule has 1 aliphatic heterocycles. The summed E-state index contributed by atoms with van der Waals surface area (Å²) in [4.78, 5) is 32.1. The van der Waals surface area contributed by atoms with Crippen LogP contribution in [0.5, 0.6) is 5.88 Å². The van der Waals surface area contributed by atoms with Crippen LogP contribution in [-0.2, 0) is 9.59 Å². The molecular formula is C12H16N4O3. The number of hydrogen-bond acceptors (Lipinski definition) is 5. The zero-order chi connectivity index (χ0) is 13.7. The van der Waals surface area contributed by atoms with Crippen molar-refractivity contribution in [3.8, 4) is 5.88 Å². The first kappa shape index (κ1) is 13.3. The molecule has 102 valence electrons. The summed E-state index contributed by atoms with van der Waals surface area (Å²) in [5.74, 6) is 0.156. The van der Waals surface area contributed by atoms with Crippen LogP contribution in [-0.4, -0.2) is 52.4 Å². The normalized spacial score (nSPS) is 18.2. The lowest BCUT2D eigenvalue weighted by Gasteiger charge is -2.16. The van der Waals surface area contributed by atoms with Gasteiger partial charge in [-0.1, -0.05) is 0 Å². The molecule has 0 aromatic carbocycles. The Hall–Kier alpha value is -2.18. The first-order valence-electron chi connectivity index (χ1n) is 6.10. The van der Waals surface area contributed by atoms with Gasteiger partial charge in [0.15, 0.2) is 0 Å². The first-order valence-corrected chi connectivity index (χ1v) is 6.10. The maximum absolute atomic E-state index is 11.8. The number of nitrogens with zero attached hydrogens (tertiary/aromatic N) is 3. The Kier molecular flexibility index (Phi) is 4.27. The quantitative estimate of drug-likeness (QED) is 0.799. The average Bonchev–Trinajstić information content (AvgIpc) is 2.85. The Morgan fingerprint density at radius 1 is 1.53 bits per heavy atom. The molecule has 2 heterocycles. The molecule has 7 nitrogen and oxygen atoms in total. The lowest BCUT2D eigenvalue weighted by atomic mass is 10.3. The maximum Gasteiger partial charge on any atom is 0.242 e. The standard InChI is InChI=1S/C12H16N4O3/c1-9(17)15-7-12(18)16-5-2-10(8-16)19-11-6-13-3-4-14-11/h3-4,6,10H,2,5,7-8H2,1H3,(H,15,17). The molecule has 1 atom stereocenters. The SMILES string of the molecule is CC(=O)NCC(=O)N1CCC(Oc2cnccn2)C1. The van der Waals surface area contributed by atoms with Crippen molar-refractivity contribution in [3.63, 3.8) is 0 Å². The number of rotatable bonds is 4. The van der Waals surface area contributed by atoms with Crippen LogP contribution < -0.4 is 10.1 Å². The summed E-state index contributed by atoms with van der Waals surface area (Å²) >= 11 is 0. The molecule has 0 spiro atoms. The molecule has 1 fully saturated rings. The summed E-state index contributed by atoms with van der Waals surface area (Å²) in [5, 5.41) is 2.49. The molecule has 7 heteroatoms. The Labute approximate surface area is 111 Å². The minimum absolute atomic E-state index is 0.0349. The first-order chi connectivity index (χ1) is 9.15. The van der Waals surface area contributed by atoms with E-state index in [-0.39, 0.29) is 24.5 Å². The predicted octanol–water partition coefficient (Wildman–Crippen LogP) is -0.408. The summed E-state index contributed by atoms with van der Waals surface area (Å²) in [5.41, 5.74) is 0. The number of aromatic nitrogens is 2. The van der Waals surface area contributed by atoms with Gasteiger partial charge in [0.1, 0.15) is 6.10 Å². The molecule has 2 amide bonds. The third-order valence-electron chi connectivity index (χ3n) is 2.81. The third kappa shape index (κ3) is 3.90. The lowest BCUT2D eigenvalue weighted by Crippen LogP contribution is -2.39. The van der Waals surface area contributed by atoms with Crippen LogP contribution in [0.25, 0.3) is 0 Å². The van der Waals surface area contributed by atoms with Crippen LogP contribution in [0.4, 0.5) is 0 Å². The van der Waals surface area contributed by atoms with Gasteiger partial charge in [0.2, 0.25) is 17.7 Å². The van der Waals surface area contributed by atoms with Crippen molar-refractivity contribution in [2.45, 2.75) is 19.4 Å². The third-order valence-corrected chi connectivity index (χ3v) is 2.81. The lowest BCUT2D eigenvalue weighted by molar-refractivity contribution is -0.131. The summed E-state index contributed by atoms with van der Waals surface area (Å²) in [6, 6.07) is 0. The van der Waals surface area contributed by atoms with E-state index >= 15 is 0 Å². The maximum atomic E-state index is 11.8. The van der Waals surface area contributed by atoms with Crippen LogP contribution in [0.15, 0.2) is 18.6 Å². The predicted molar refractivity (Wildman–Crippen MR) is 66.3 cm³/mol. The summed E-state index contributed by atoms with van der Waals surface area (Å²) in [6.07, 6.45) is 5.36. The molecule has 1 saturated heterocycles. The fraction of sp³-hybridized carbons (Fsp3) is 0.500. The molecule has 0 radical (unpaired) electrons. The molecule has 0 saturated carbocycles. The Balaban J connectivity index is 1.80. The second kappa shape index (κ2) is 6.12. The van der Waals surface area contributed by atoms with Gasteiger partial charge in [0.25, 0.3) is 0 Å². The topological polar surface area (TPSA) is 84.4 Å². The zero-order valence-electron chi connectivity index (χ0n) is 10.7. The van der Waals surface area contributed by atoms with E-state index in [1.54, 1.807) is 23.5 Å². The number of carbonyl (C=O) groups excluding carboxylic acids is 2. The van der Waals surface area contributed by atoms with Gasteiger partial charge < -0.3 is 15.0 Å². The minimum Gasteiger partial charge on any atom is -0.471 e. The van der Waals surface area contributed by atoms with Crippen LogP contribution in [0.3, 0.4) is 0 Å². The second-order valence-corrected chi connectivity index (χ2v) is 4.32. The summed E-state index contributed by atoms with van der Waals surface area (Å²) in [6.45, 7) is 2.56. The van der Waals surface area contributed by atoms with Gasteiger partial charge in [0.05, 0.1) is 19.3 Å². The van der Waals surface area contributed by atoms with E-state index in [2.05, 4.69) is 15.3 Å². The molecule has 1 aliphatic rings. The molecule has 1 aromatic rings. The highest BCUT2D eigenvalue weighted by Gasteiger charge is 2.27. The Bertz CT molecular complexity index is 452. The summed E-state index contributed by atoms with van der Waals surface area (Å²) < 4.78 is 5.63. The van der Waals surface area contributed by atoms with E-state index in [0.717, 1.165) is 6.42 Å². The second-order valence-electron chi connectivity index (χ2n) is 4.32. The monoisotopic (exact) mass is 264 g/mol. The van der Waals surface area contributed by atoms with Gasteiger partial charge in [-0.15, -0.1) is 0 Å². The number of likely N-dealkylation sites (tertiary alicyclic amines) is 1. The van der Waals surface area contributed by atoms with Gasteiger partial charge in [0, 0.05) is 32.3 Å². The summed E-state index contributed by atoms with van der Waals surface area (Å²) in [7, 11) is 0. The van der Waals surface area contributed by atoms with E-state index in [1.165, 1.54) is 6.92 Å². The van der Waals surface area contributed by atoms with E-state index in [9.17, 15) is 9.59 Å². The molecule has 2 rings (SSSR count). The van der Waals surface area contributed by atoms with E-state index < -0.39 is 0 Å². The van der Waals surface area contributed by atoms with Crippen molar-refractivity contribution in [1.29, 1.82) is 0 Å². The molecule has 19 heavy (non-hydrogen) atoms. The molecule has 0 aliphatic carbocycles. The number of carbonyl (C=O) groups is 2. The Morgan fingerprint density at radius 2 is 2.37 bits per heavy atom.